The molecule has 4 atom stereocenters. The molecule has 0 bridgehead atoms. The van der Waals surface area contributed by atoms with Crippen LogP contribution in [0.1, 0.15) is 66.4 Å². The molecule has 4 aliphatic heterocycles. The third-order valence-electron chi connectivity index (χ3n) is 10.1. The van der Waals surface area contributed by atoms with Crippen LogP contribution in [0.15, 0.2) is 18.2 Å². The topological polar surface area (TPSA) is 194 Å². The number of nitrogens with one attached hydrogen (secondary N) is 6. The molecule has 8 N–H and O–H groups in total. The van der Waals surface area contributed by atoms with E-state index in [9.17, 15) is 24.6 Å². The van der Waals surface area contributed by atoms with E-state index in [1.807, 2.05) is 6.07 Å². The van der Waals surface area contributed by atoms with Gasteiger partial charge in [0.15, 0.2) is 17.6 Å². The zero-order valence-corrected chi connectivity index (χ0v) is 22.0. The molecule has 1 saturated carbocycles. The highest BCUT2D eigenvalue weighted by Gasteiger charge is 2.74. The number of guanidine groups is 2. The Morgan fingerprint density at radius 1 is 1.05 bits per heavy atom. The lowest BCUT2D eigenvalue weighted by molar-refractivity contribution is -0.232. The summed E-state index contributed by atoms with van der Waals surface area (Å²) in [6.45, 7) is -0.219. The fraction of sp³-hybridized carbons (Fsp3) is 0.593. The van der Waals surface area contributed by atoms with E-state index in [0.29, 0.717) is 5.56 Å². The predicted molar refractivity (Wildman–Crippen MR) is 141 cm³/mol. The van der Waals surface area contributed by atoms with Crippen molar-refractivity contribution >= 4 is 29.6 Å². The average molecular weight is 551 g/mol. The molecular formula is C27H34N8O5. The predicted octanol–water partition coefficient (Wildman–Crippen LogP) is -1.21. The number of likely N-dealkylation sites (tertiary alicyclic amines) is 1. The Kier molecular flexibility index (Phi) is 5.31. The number of amides is 3. The van der Waals surface area contributed by atoms with Gasteiger partial charge in [0.25, 0.3) is 5.91 Å². The van der Waals surface area contributed by atoms with Crippen LogP contribution < -0.4 is 21.3 Å². The number of carbonyl (C=O) groups is 3. The van der Waals surface area contributed by atoms with Gasteiger partial charge in [0.05, 0.1) is 18.6 Å². The van der Waals surface area contributed by atoms with Crippen LogP contribution in [0.2, 0.25) is 0 Å². The fourth-order valence-corrected chi connectivity index (χ4v) is 8.02. The lowest BCUT2D eigenvalue weighted by atomic mass is 9.58. The van der Waals surface area contributed by atoms with Crippen molar-refractivity contribution in [1.82, 2.24) is 31.1 Å². The number of hydrogen-bond donors (Lipinski definition) is 8. The van der Waals surface area contributed by atoms with Gasteiger partial charge in [0, 0.05) is 24.9 Å². The highest BCUT2D eigenvalue weighted by atomic mass is 16.5. The smallest absolute Gasteiger partial charge is 0.252 e. The molecule has 6 aliphatic rings. The second-order valence-electron chi connectivity index (χ2n) is 12.1. The molecule has 0 radical (unpaired) electrons. The van der Waals surface area contributed by atoms with Gasteiger partial charge in [-0.1, -0.05) is 18.6 Å². The lowest BCUT2D eigenvalue weighted by Gasteiger charge is -2.51. The van der Waals surface area contributed by atoms with Crippen molar-refractivity contribution in [2.24, 2.45) is 0 Å². The Morgan fingerprint density at radius 2 is 1.77 bits per heavy atom. The van der Waals surface area contributed by atoms with E-state index in [-0.39, 0.29) is 55.1 Å². The summed E-state index contributed by atoms with van der Waals surface area (Å²) < 4.78 is 0. The molecule has 4 heterocycles. The standard InChI is InChI=1S/C27H34N8O5/c28-23-32-21-17(12-34-19(36)7-8-20(34)37)30-24(29)35-13-18(27(39,40)26(21,35)33-23)31-22(38)15-4-1-6-16-14(15)5-2-9-25(16)10-3-11-25/h1,4,6,17-18,21,39-40H,2-3,5,7-13H2,(H2,29,30)(H,31,38)(H3,28,32,33)/t17-,18-,21-,26?/m0/s1. The van der Waals surface area contributed by atoms with E-state index in [4.69, 9.17) is 10.8 Å². The summed E-state index contributed by atoms with van der Waals surface area (Å²) in [7, 11) is 0. The first-order valence-corrected chi connectivity index (χ1v) is 14.0. The van der Waals surface area contributed by atoms with Crippen LogP contribution in [0.3, 0.4) is 0 Å². The van der Waals surface area contributed by atoms with Crippen molar-refractivity contribution in [3.63, 3.8) is 0 Å². The summed E-state index contributed by atoms with van der Waals surface area (Å²) in [5, 5.41) is 52.0. The minimum Gasteiger partial charge on any atom is -0.361 e. The van der Waals surface area contributed by atoms with E-state index in [2.05, 4.69) is 27.3 Å². The monoisotopic (exact) mass is 550 g/mol. The second-order valence-corrected chi connectivity index (χ2v) is 12.1. The van der Waals surface area contributed by atoms with Gasteiger partial charge in [-0.2, -0.15) is 0 Å². The largest absolute Gasteiger partial charge is 0.361 e. The zero-order valence-electron chi connectivity index (χ0n) is 22.0. The Morgan fingerprint density at radius 3 is 2.48 bits per heavy atom. The highest BCUT2D eigenvalue weighted by molar-refractivity contribution is 6.02. The summed E-state index contributed by atoms with van der Waals surface area (Å²) in [6.07, 6.45) is 6.57. The first-order valence-electron chi connectivity index (χ1n) is 14.0. The summed E-state index contributed by atoms with van der Waals surface area (Å²) in [5.41, 5.74) is 1.13. The van der Waals surface area contributed by atoms with Crippen LogP contribution in [0.4, 0.5) is 0 Å². The highest BCUT2D eigenvalue weighted by Crippen LogP contribution is 2.51. The SMILES string of the molecule is N=C1N[C@H]2[C@H](CN3C(=O)CCC3=O)NC(=N)N3C[C@H](NC(=O)c4cccc5c4CCCC54CCC4)C(O)(O)C23N1. The molecule has 5 fully saturated rings. The third kappa shape index (κ3) is 3.24. The molecule has 1 unspecified atom stereocenters. The number of rotatable bonds is 4. The van der Waals surface area contributed by atoms with Crippen LogP contribution in [0, 0.1) is 10.8 Å². The van der Waals surface area contributed by atoms with Crippen molar-refractivity contribution < 1.29 is 24.6 Å². The van der Waals surface area contributed by atoms with Crippen LogP contribution in [0.25, 0.3) is 0 Å². The minimum atomic E-state index is -2.63. The molecule has 212 valence electrons. The number of benzene rings is 1. The summed E-state index contributed by atoms with van der Waals surface area (Å²) in [4.78, 5) is 40.8. The molecule has 2 aliphatic carbocycles. The normalized spacial score (nSPS) is 33.0. The van der Waals surface area contributed by atoms with Crippen LogP contribution in [-0.2, 0) is 21.4 Å². The molecule has 40 heavy (non-hydrogen) atoms. The molecule has 7 rings (SSSR count). The molecule has 13 nitrogen and oxygen atoms in total. The van der Waals surface area contributed by atoms with E-state index in [0.717, 1.165) is 42.6 Å². The summed E-state index contributed by atoms with van der Waals surface area (Å²) in [6, 6.07) is 2.87. The van der Waals surface area contributed by atoms with Crippen molar-refractivity contribution in [3.8, 4) is 0 Å². The van der Waals surface area contributed by atoms with Crippen LogP contribution >= 0.6 is 0 Å². The maximum atomic E-state index is 13.7. The van der Waals surface area contributed by atoms with Crippen molar-refractivity contribution in [2.75, 3.05) is 13.1 Å². The first kappa shape index (κ1) is 25.3. The number of fused-ring (bicyclic) bond motifs is 2. The van der Waals surface area contributed by atoms with Gasteiger partial charge in [0.1, 0.15) is 6.04 Å². The number of nitrogens with zero attached hydrogens (tertiary/aromatic N) is 2. The first-order chi connectivity index (χ1) is 19.1. The number of aliphatic hydroxyl groups is 2. The number of hydrogen-bond acceptors (Lipinski definition) is 7. The molecule has 1 aromatic carbocycles. The van der Waals surface area contributed by atoms with Gasteiger partial charge in [-0.05, 0) is 54.7 Å². The van der Waals surface area contributed by atoms with Gasteiger partial charge in [0.2, 0.25) is 17.6 Å². The second kappa shape index (κ2) is 8.40. The Balaban J connectivity index is 1.19. The maximum absolute atomic E-state index is 13.7. The van der Waals surface area contributed by atoms with Crippen LogP contribution in [-0.4, -0.2) is 92.3 Å². The third-order valence-corrected chi connectivity index (χ3v) is 10.1. The van der Waals surface area contributed by atoms with Gasteiger partial charge in [-0.25, -0.2) is 0 Å². The van der Waals surface area contributed by atoms with E-state index < -0.39 is 35.5 Å². The van der Waals surface area contributed by atoms with E-state index in [1.54, 1.807) is 6.07 Å². The molecular weight excluding hydrogens is 516 g/mol. The van der Waals surface area contributed by atoms with Crippen LogP contribution in [0.5, 0.6) is 0 Å². The molecule has 1 aromatic rings. The quantitative estimate of drug-likeness (QED) is 0.168. The molecule has 4 saturated heterocycles. The summed E-state index contributed by atoms with van der Waals surface area (Å²) >= 11 is 0. The van der Waals surface area contributed by atoms with Crippen molar-refractivity contribution in [2.45, 2.75) is 86.4 Å². The Hall–Kier alpha value is -3.71. The van der Waals surface area contributed by atoms with Gasteiger partial charge < -0.3 is 36.4 Å². The van der Waals surface area contributed by atoms with Gasteiger partial charge >= 0.3 is 0 Å². The van der Waals surface area contributed by atoms with Gasteiger partial charge in [-0.3, -0.25) is 30.1 Å². The van der Waals surface area contributed by atoms with E-state index >= 15 is 0 Å². The molecule has 13 heteroatoms. The molecule has 0 aromatic heterocycles. The lowest BCUT2D eigenvalue weighted by Crippen LogP contribution is -2.81. The van der Waals surface area contributed by atoms with Crippen molar-refractivity contribution in [3.05, 3.63) is 34.9 Å². The van der Waals surface area contributed by atoms with Gasteiger partial charge in [-0.15, -0.1) is 0 Å². The number of carbonyl (C=O) groups excluding carboxylic acids is 3. The minimum absolute atomic E-state index is 0.104. The molecule has 3 amide bonds. The van der Waals surface area contributed by atoms with Crippen molar-refractivity contribution in [1.29, 1.82) is 10.8 Å². The maximum Gasteiger partial charge on any atom is 0.252 e. The fourth-order valence-electron chi connectivity index (χ4n) is 8.02. The Bertz CT molecular complexity index is 1340. The number of imide groups is 1. The Labute approximate surface area is 230 Å². The summed E-state index contributed by atoms with van der Waals surface area (Å²) in [5.74, 6) is -4.07. The van der Waals surface area contributed by atoms with E-state index in [1.165, 1.54) is 16.9 Å². The molecule has 2 spiro atoms. The average Bonchev–Trinajstić information content (AvgIpc) is 3.49. The zero-order chi connectivity index (χ0) is 28.0.